The average Bonchev–Trinajstić information content (AvgIpc) is 1.87. The molecule has 2 heteroatoms. The van der Waals surface area contributed by atoms with Gasteiger partial charge in [0, 0.05) is 11.5 Å². The number of nitrogens with zero attached hydrogens (tertiary/aromatic N) is 2. The Kier molecular flexibility index (Phi) is 3.16. The van der Waals surface area contributed by atoms with E-state index in [9.17, 15) is 0 Å². The smallest absolute Gasteiger partial charge is 0.0941 e. The second-order valence-corrected chi connectivity index (χ2v) is 1.95. The first-order chi connectivity index (χ1) is 4.20. The van der Waals surface area contributed by atoms with E-state index in [1.807, 2.05) is 12.1 Å². The molecule has 0 radical (unpaired) electrons. The Labute approximate surface area is 55.0 Å². The molecule has 0 aromatic rings. The molecule has 0 rings (SSSR count). The number of allylic oxidation sites excluding steroid dienone is 1. The Balaban J connectivity index is 3.67. The van der Waals surface area contributed by atoms with Crippen LogP contribution < -0.4 is 0 Å². The van der Waals surface area contributed by atoms with Crippen molar-refractivity contribution in [3.8, 4) is 12.1 Å². The summed E-state index contributed by atoms with van der Waals surface area (Å²) in [4.78, 5) is 0. The van der Waals surface area contributed by atoms with E-state index < -0.39 is 0 Å². The third-order valence-electron chi connectivity index (χ3n) is 0.931. The maximum absolute atomic E-state index is 8.28. The third kappa shape index (κ3) is 3.32. The van der Waals surface area contributed by atoms with Crippen LogP contribution in [-0.4, -0.2) is 0 Å². The largest absolute Gasteiger partial charge is 0.198 e. The molecular weight excluding hydrogens is 112 g/mol. The minimum atomic E-state index is -0.0860. The molecule has 0 saturated carbocycles. The zero-order chi connectivity index (χ0) is 7.28. The molecule has 0 amide bonds. The lowest BCUT2D eigenvalue weighted by atomic mass is 10.1. The van der Waals surface area contributed by atoms with Gasteiger partial charge in [-0.3, -0.25) is 0 Å². The normalized spacial score (nSPS) is 11.0. The lowest BCUT2D eigenvalue weighted by Gasteiger charge is -1.95. The average molecular weight is 120 g/mol. The molecule has 46 valence electrons. The van der Waals surface area contributed by atoms with Gasteiger partial charge in [0.05, 0.1) is 12.1 Å². The van der Waals surface area contributed by atoms with E-state index in [1.54, 1.807) is 6.92 Å². The lowest BCUT2D eigenvalue weighted by Crippen LogP contribution is -1.89. The standard InChI is InChI=1S/C7H8N2/c1-6(4-8)3-7(2)5-9/h7H,1,3H2,2H3. The molecule has 0 saturated heterocycles. The van der Waals surface area contributed by atoms with Crippen molar-refractivity contribution in [2.45, 2.75) is 13.3 Å². The summed E-state index contributed by atoms with van der Waals surface area (Å²) in [5, 5.41) is 16.5. The molecule has 0 N–H and O–H groups in total. The number of hydrogen-bond acceptors (Lipinski definition) is 2. The van der Waals surface area contributed by atoms with E-state index in [0.717, 1.165) is 0 Å². The van der Waals surface area contributed by atoms with E-state index in [4.69, 9.17) is 10.5 Å². The van der Waals surface area contributed by atoms with Gasteiger partial charge in [0.2, 0.25) is 0 Å². The fraction of sp³-hybridized carbons (Fsp3) is 0.429. The highest BCUT2D eigenvalue weighted by molar-refractivity contribution is 5.17. The minimum Gasteiger partial charge on any atom is -0.198 e. The summed E-state index contributed by atoms with van der Waals surface area (Å²) in [6.45, 7) is 5.22. The van der Waals surface area contributed by atoms with Gasteiger partial charge in [-0.05, 0) is 13.3 Å². The highest BCUT2D eigenvalue weighted by Gasteiger charge is 1.99. The summed E-state index contributed by atoms with van der Waals surface area (Å²) in [5.74, 6) is -0.0860. The molecule has 0 spiro atoms. The van der Waals surface area contributed by atoms with Gasteiger partial charge in [-0.25, -0.2) is 0 Å². The van der Waals surface area contributed by atoms with Gasteiger partial charge in [0.15, 0.2) is 0 Å². The summed E-state index contributed by atoms with van der Waals surface area (Å²) in [5.41, 5.74) is 0.476. The zero-order valence-electron chi connectivity index (χ0n) is 5.39. The molecule has 9 heavy (non-hydrogen) atoms. The molecule has 2 nitrogen and oxygen atoms in total. The molecular formula is C7H8N2. The van der Waals surface area contributed by atoms with E-state index in [0.29, 0.717) is 12.0 Å². The molecule has 1 unspecified atom stereocenters. The van der Waals surface area contributed by atoms with Crippen LogP contribution in [0.15, 0.2) is 12.2 Å². The van der Waals surface area contributed by atoms with Crippen LogP contribution in [0.5, 0.6) is 0 Å². The van der Waals surface area contributed by atoms with Gasteiger partial charge in [0.1, 0.15) is 0 Å². The molecule has 0 bridgehead atoms. The van der Waals surface area contributed by atoms with E-state index in [1.165, 1.54) is 0 Å². The van der Waals surface area contributed by atoms with E-state index >= 15 is 0 Å². The molecule has 0 fully saturated rings. The second kappa shape index (κ2) is 3.69. The Morgan fingerprint density at radius 2 is 2.22 bits per heavy atom. The van der Waals surface area contributed by atoms with Crippen LogP contribution in [0.4, 0.5) is 0 Å². The number of nitriles is 2. The van der Waals surface area contributed by atoms with Crippen LogP contribution in [0, 0.1) is 28.6 Å². The Morgan fingerprint density at radius 1 is 1.67 bits per heavy atom. The quantitative estimate of drug-likeness (QED) is 0.520. The summed E-state index contributed by atoms with van der Waals surface area (Å²) >= 11 is 0. The second-order valence-electron chi connectivity index (χ2n) is 1.95. The molecule has 0 aromatic heterocycles. The van der Waals surface area contributed by atoms with Crippen molar-refractivity contribution in [3.63, 3.8) is 0 Å². The van der Waals surface area contributed by atoms with Gasteiger partial charge in [-0.15, -0.1) is 0 Å². The van der Waals surface area contributed by atoms with Crippen molar-refractivity contribution in [1.29, 1.82) is 10.5 Å². The molecule has 0 aliphatic heterocycles. The van der Waals surface area contributed by atoms with Crippen molar-refractivity contribution in [2.75, 3.05) is 0 Å². The predicted octanol–water partition coefficient (Wildman–Crippen LogP) is 1.62. The first-order valence-electron chi connectivity index (χ1n) is 2.68. The highest BCUT2D eigenvalue weighted by Crippen LogP contribution is 2.06. The summed E-state index contributed by atoms with van der Waals surface area (Å²) in [6.07, 6.45) is 0.493. The Hall–Kier alpha value is -1.28. The number of hydrogen-bond donors (Lipinski definition) is 0. The maximum atomic E-state index is 8.28. The van der Waals surface area contributed by atoms with Gasteiger partial charge >= 0.3 is 0 Å². The lowest BCUT2D eigenvalue weighted by molar-refractivity contribution is 0.745. The summed E-state index contributed by atoms with van der Waals surface area (Å²) in [6, 6.07) is 3.90. The fourth-order valence-corrected chi connectivity index (χ4v) is 0.461. The van der Waals surface area contributed by atoms with Crippen LogP contribution in [0.25, 0.3) is 0 Å². The highest BCUT2D eigenvalue weighted by atomic mass is 14.3. The fourth-order valence-electron chi connectivity index (χ4n) is 0.461. The Bertz CT molecular complexity index is 180. The van der Waals surface area contributed by atoms with Gasteiger partial charge < -0.3 is 0 Å². The molecule has 0 aliphatic carbocycles. The topological polar surface area (TPSA) is 47.6 Å². The monoisotopic (exact) mass is 120 g/mol. The van der Waals surface area contributed by atoms with E-state index in [2.05, 4.69) is 6.58 Å². The predicted molar refractivity (Wildman–Crippen MR) is 34.1 cm³/mol. The maximum Gasteiger partial charge on any atom is 0.0941 e. The molecule has 0 heterocycles. The van der Waals surface area contributed by atoms with Crippen molar-refractivity contribution in [2.24, 2.45) is 5.92 Å². The van der Waals surface area contributed by atoms with Gasteiger partial charge in [-0.2, -0.15) is 10.5 Å². The third-order valence-corrected chi connectivity index (χ3v) is 0.931. The van der Waals surface area contributed by atoms with Crippen molar-refractivity contribution in [3.05, 3.63) is 12.2 Å². The number of rotatable bonds is 2. The summed E-state index contributed by atoms with van der Waals surface area (Å²) in [7, 11) is 0. The van der Waals surface area contributed by atoms with Crippen LogP contribution in [0.1, 0.15) is 13.3 Å². The first kappa shape index (κ1) is 7.72. The zero-order valence-corrected chi connectivity index (χ0v) is 5.39. The van der Waals surface area contributed by atoms with Crippen LogP contribution in [-0.2, 0) is 0 Å². The van der Waals surface area contributed by atoms with Crippen molar-refractivity contribution in [1.82, 2.24) is 0 Å². The van der Waals surface area contributed by atoms with Gasteiger partial charge in [0.25, 0.3) is 0 Å². The van der Waals surface area contributed by atoms with Crippen LogP contribution in [0.2, 0.25) is 0 Å². The first-order valence-corrected chi connectivity index (χ1v) is 2.68. The van der Waals surface area contributed by atoms with Crippen LogP contribution >= 0.6 is 0 Å². The molecule has 1 atom stereocenters. The van der Waals surface area contributed by atoms with Gasteiger partial charge in [-0.1, -0.05) is 6.58 Å². The molecule has 0 aliphatic rings. The minimum absolute atomic E-state index is 0.0860. The van der Waals surface area contributed by atoms with Crippen molar-refractivity contribution >= 4 is 0 Å². The van der Waals surface area contributed by atoms with Crippen LogP contribution in [0.3, 0.4) is 0 Å². The SMILES string of the molecule is C=C(C#N)CC(C)C#N. The van der Waals surface area contributed by atoms with Crippen molar-refractivity contribution < 1.29 is 0 Å². The van der Waals surface area contributed by atoms with E-state index in [-0.39, 0.29) is 5.92 Å². The Morgan fingerprint density at radius 3 is 2.56 bits per heavy atom. The molecule has 0 aromatic carbocycles. The summed E-state index contributed by atoms with van der Waals surface area (Å²) < 4.78 is 0.